The minimum Gasteiger partial charge on any atom is -0.307 e. The molecule has 0 aliphatic heterocycles. The number of nitrogens with zero attached hydrogens (tertiary/aromatic N) is 5. The van der Waals surface area contributed by atoms with Crippen molar-refractivity contribution >= 4 is 86.2 Å². The van der Waals surface area contributed by atoms with Crippen LogP contribution in [-0.4, -0.2) is 24.1 Å². The topological polar surface area (TPSA) is 48.5 Å². The molecule has 0 bridgehead atoms. The number of hydrogen-bond donors (Lipinski definition) is 0. The summed E-state index contributed by atoms with van der Waals surface area (Å²) in [6.07, 6.45) is 2.08. The fourth-order valence-corrected chi connectivity index (χ4v) is 9.81. The van der Waals surface area contributed by atoms with Crippen LogP contribution in [0.25, 0.3) is 109 Å². The summed E-state index contributed by atoms with van der Waals surface area (Å²) in [5.41, 5.74) is 10.8. The standard InChI is InChI=1S/C49H29N5S/c1-4-15-30(16-5-1)43-42-36-23-14-26-41(47(36)55-49(42)52-48(51-43)31-17-6-2-7-18-31)54-40-25-13-11-22-34(40)38-29-50-44-37(45(38)54)28-27-35-33-21-10-12-24-39(33)53(46(35)44)32-19-8-3-9-20-32/h1-29H. The largest absolute Gasteiger partial charge is 0.307 e. The molecule has 0 atom stereocenters. The Hall–Kier alpha value is -7.15. The van der Waals surface area contributed by atoms with Crippen LogP contribution in [0.2, 0.25) is 0 Å². The number of rotatable bonds is 4. The Labute approximate surface area is 319 Å². The molecule has 0 saturated heterocycles. The van der Waals surface area contributed by atoms with Crippen LogP contribution in [0.4, 0.5) is 0 Å². The van der Waals surface area contributed by atoms with Gasteiger partial charge in [-0.05, 0) is 36.4 Å². The van der Waals surface area contributed by atoms with Gasteiger partial charge in [0, 0.05) is 60.7 Å². The quantitative estimate of drug-likeness (QED) is 0.182. The van der Waals surface area contributed by atoms with Gasteiger partial charge < -0.3 is 9.13 Å². The average Bonchev–Trinajstić information content (AvgIpc) is 3.92. The molecule has 12 aromatic rings. The third-order valence-electron chi connectivity index (χ3n) is 11.0. The lowest BCUT2D eigenvalue weighted by molar-refractivity contribution is 1.18. The minimum atomic E-state index is 0.729. The highest BCUT2D eigenvalue weighted by atomic mass is 32.1. The number of para-hydroxylation sites is 3. The summed E-state index contributed by atoms with van der Waals surface area (Å²) in [5, 5.41) is 8.03. The van der Waals surface area contributed by atoms with Crippen LogP contribution >= 0.6 is 11.3 Å². The van der Waals surface area contributed by atoms with Crippen molar-refractivity contribution in [3.8, 4) is 34.0 Å². The fraction of sp³-hybridized carbons (Fsp3) is 0. The summed E-state index contributed by atoms with van der Waals surface area (Å²) >= 11 is 1.74. The van der Waals surface area contributed by atoms with Crippen LogP contribution in [0, 0.1) is 0 Å². The first-order valence-electron chi connectivity index (χ1n) is 18.5. The van der Waals surface area contributed by atoms with E-state index in [9.17, 15) is 0 Å². The monoisotopic (exact) mass is 719 g/mol. The average molecular weight is 720 g/mol. The van der Waals surface area contributed by atoms with E-state index in [0.29, 0.717) is 0 Å². The van der Waals surface area contributed by atoms with Crippen LogP contribution in [0.5, 0.6) is 0 Å². The minimum absolute atomic E-state index is 0.729. The van der Waals surface area contributed by atoms with Crippen molar-refractivity contribution in [2.75, 3.05) is 0 Å². The first-order valence-corrected chi connectivity index (χ1v) is 19.3. The fourth-order valence-electron chi connectivity index (χ4n) is 8.63. The zero-order chi connectivity index (χ0) is 36.0. The molecule has 0 unspecified atom stereocenters. The Kier molecular flexibility index (Phi) is 6.44. The summed E-state index contributed by atoms with van der Waals surface area (Å²) < 4.78 is 6.00. The van der Waals surface area contributed by atoms with Gasteiger partial charge in [-0.1, -0.05) is 133 Å². The van der Waals surface area contributed by atoms with Gasteiger partial charge in [-0.15, -0.1) is 11.3 Å². The van der Waals surface area contributed by atoms with Crippen LogP contribution in [0.1, 0.15) is 0 Å². The van der Waals surface area contributed by atoms with Gasteiger partial charge in [0.25, 0.3) is 0 Å². The first kappa shape index (κ1) is 30.3. The predicted octanol–water partition coefficient (Wildman–Crippen LogP) is 12.9. The molecular weight excluding hydrogens is 691 g/mol. The maximum absolute atomic E-state index is 5.31. The van der Waals surface area contributed by atoms with Crippen molar-refractivity contribution < 1.29 is 0 Å². The van der Waals surface area contributed by atoms with Crippen LogP contribution in [0.15, 0.2) is 176 Å². The summed E-state index contributed by atoms with van der Waals surface area (Å²) in [5.74, 6) is 0.729. The van der Waals surface area contributed by atoms with E-state index >= 15 is 0 Å². The van der Waals surface area contributed by atoms with E-state index in [0.717, 1.165) is 82.5 Å². The molecule has 0 amide bonds. The normalized spacial score (nSPS) is 12.0. The van der Waals surface area contributed by atoms with Gasteiger partial charge in [0.2, 0.25) is 0 Å². The second-order valence-corrected chi connectivity index (χ2v) is 15.0. The first-order chi connectivity index (χ1) is 27.3. The van der Waals surface area contributed by atoms with E-state index in [1.54, 1.807) is 11.3 Å². The number of benzene rings is 7. The predicted molar refractivity (Wildman–Crippen MR) is 230 cm³/mol. The molecule has 5 nitrogen and oxygen atoms in total. The number of pyridine rings is 1. The summed E-state index contributed by atoms with van der Waals surface area (Å²) in [4.78, 5) is 16.8. The van der Waals surface area contributed by atoms with Crippen molar-refractivity contribution in [2.24, 2.45) is 0 Å². The summed E-state index contributed by atoms with van der Waals surface area (Å²) in [6, 6.07) is 60.0. The Morgan fingerprint density at radius 2 is 1.05 bits per heavy atom. The van der Waals surface area contributed by atoms with Gasteiger partial charge in [0.15, 0.2) is 5.82 Å². The van der Waals surface area contributed by atoms with Crippen molar-refractivity contribution in [3.63, 3.8) is 0 Å². The maximum atomic E-state index is 5.31. The number of thiophene rings is 1. The molecule has 12 rings (SSSR count). The van der Waals surface area contributed by atoms with Gasteiger partial charge in [0.1, 0.15) is 4.83 Å². The molecule has 0 fully saturated rings. The van der Waals surface area contributed by atoms with Gasteiger partial charge >= 0.3 is 0 Å². The highest BCUT2D eigenvalue weighted by Gasteiger charge is 2.23. The number of hydrogen-bond acceptors (Lipinski definition) is 4. The Morgan fingerprint density at radius 3 is 1.82 bits per heavy atom. The molecular formula is C49H29N5S. The maximum Gasteiger partial charge on any atom is 0.161 e. The van der Waals surface area contributed by atoms with E-state index in [2.05, 4.69) is 167 Å². The lowest BCUT2D eigenvalue weighted by Gasteiger charge is -2.13. The van der Waals surface area contributed by atoms with Gasteiger partial charge in [-0.3, -0.25) is 4.98 Å². The lowest BCUT2D eigenvalue weighted by atomic mass is 10.0. The Bertz CT molecular complexity index is 3470. The third-order valence-corrected chi connectivity index (χ3v) is 12.1. The molecule has 7 aromatic carbocycles. The van der Waals surface area contributed by atoms with Gasteiger partial charge in [0.05, 0.1) is 43.7 Å². The zero-order valence-electron chi connectivity index (χ0n) is 29.4. The van der Waals surface area contributed by atoms with Crippen LogP contribution < -0.4 is 0 Å². The zero-order valence-corrected chi connectivity index (χ0v) is 30.2. The van der Waals surface area contributed by atoms with Crippen molar-refractivity contribution in [2.45, 2.75) is 0 Å². The van der Waals surface area contributed by atoms with Gasteiger partial charge in [-0.25, -0.2) is 9.97 Å². The van der Waals surface area contributed by atoms with Crippen LogP contribution in [0.3, 0.4) is 0 Å². The van der Waals surface area contributed by atoms with Crippen molar-refractivity contribution in [1.82, 2.24) is 24.1 Å². The van der Waals surface area contributed by atoms with Crippen molar-refractivity contribution in [1.29, 1.82) is 0 Å². The molecule has 0 aliphatic carbocycles. The molecule has 0 N–H and O–H groups in total. The Balaban J connectivity index is 1.21. The SMILES string of the molecule is c1ccc(-c2nc(-c3ccccc3)c3c(n2)sc2c(-n4c5ccccc5c5cnc6c(ccc7c8ccccc8n(-c8ccccc8)c76)c54)cccc23)cc1. The molecule has 256 valence electrons. The third kappa shape index (κ3) is 4.37. The molecule has 0 spiro atoms. The molecule has 0 radical (unpaired) electrons. The Morgan fingerprint density at radius 1 is 0.436 bits per heavy atom. The molecule has 0 aliphatic rings. The molecule has 5 aromatic heterocycles. The van der Waals surface area contributed by atoms with Crippen molar-refractivity contribution in [3.05, 3.63) is 176 Å². The molecule has 55 heavy (non-hydrogen) atoms. The van der Waals surface area contributed by atoms with E-state index < -0.39 is 0 Å². The number of aromatic nitrogens is 5. The van der Waals surface area contributed by atoms with E-state index in [1.165, 1.54) is 26.4 Å². The molecule has 6 heteroatoms. The van der Waals surface area contributed by atoms with Gasteiger partial charge in [-0.2, -0.15) is 0 Å². The highest BCUT2D eigenvalue weighted by molar-refractivity contribution is 7.26. The van der Waals surface area contributed by atoms with E-state index in [1.807, 2.05) is 18.2 Å². The second-order valence-electron chi connectivity index (χ2n) is 14.0. The van der Waals surface area contributed by atoms with E-state index in [4.69, 9.17) is 15.0 Å². The highest BCUT2D eigenvalue weighted by Crippen LogP contribution is 2.45. The van der Waals surface area contributed by atoms with Crippen LogP contribution in [-0.2, 0) is 0 Å². The second kappa shape index (κ2) is 11.7. The summed E-state index contributed by atoms with van der Waals surface area (Å²) in [7, 11) is 0. The van der Waals surface area contributed by atoms with E-state index in [-0.39, 0.29) is 0 Å². The lowest BCUT2D eigenvalue weighted by Crippen LogP contribution is -1.97. The smallest absolute Gasteiger partial charge is 0.161 e. The summed E-state index contributed by atoms with van der Waals surface area (Å²) in [6.45, 7) is 0. The molecule has 5 heterocycles. The molecule has 0 saturated carbocycles. The number of fused-ring (bicyclic) bond motifs is 12.